The Labute approximate surface area is 110 Å². The van der Waals surface area contributed by atoms with Gasteiger partial charge in [0.15, 0.2) is 0 Å². The molecular weight excluding hydrogens is 234 g/mol. The van der Waals surface area contributed by atoms with Gasteiger partial charge in [-0.25, -0.2) is 0 Å². The minimum Gasteiger partial charge on any atom is -0.465 e. The van der Waals surface area contributed by atoms with Gasteiger partial charge in [0, 0.05) is 13.7 Å². The van der Waals surface area contributed by atoms with Crippen molar-refractivity contribution in [1.29, 1.82) is 0 Å². The lowest BCUT2D eigenvalue weighted by Gasteiger charge is -2.15. The third kappa shape index (κ3) is 9.39. The summed E-state index contributed by atoms with van der Waals surface area (Å²) in [7, 11) is 1.66. The third-order valence-corrected chi connectivity index (χ3v) is 2.52. The summed E-state index contributed by atoms with van der Waals surface area (Å²) in [6.07, 6.45) is 2.72. The van der Waals surface area contributed by atoms with Crippen molar-refractivity contribution in [3.8, 4) is 0 Å². The molecule has 0 aromatic heterocycles. The number of carbonyl (C=O) groups excluding carboxylic acids is 1. The second-order valence-electron chi connectivity index (χ2n) is 3.98. The van der Waals surface area contributed by atoms with E-state index in [2.05, 4.69) is 5.32 Å². The second kappa shape index (κ2) is 12.8. The molecule has 5 nitrogen and oxygen atoms in total. The molecule has 0 fully saturated rings. The Morgan fingerprint density at radius 2 is 1.94 bits per heavy atom. The fourth-order valence-corrected chi connectivity index (χ4v) is 1.49. The number of nitrogens with one attached hydrogen (secondary N) is 1. The summed E-state index contributed by atoms with van der Waals surface area (Å²) >= 11 is 0. The van der Waals surface area contributed by atoms with Crippen molar-refractivity contribution in [2.75, 3.05) is 40.1 Å². The average molecular weight is 261 g/mol. The zero-order chi connectivity index (χ0) is 13.6. The Bertz CT molecular complexity index is 199. The Balaban J connectivity index is 3.42. The number of hydrogen-bond donors (Lipinski definition) is 1. The van der Waals surface area contributed by atoms with Gasteiger partial charge in [0.25, 0.3) is 0 Å². The summed E-state index contributed by atoms with van der Waals surface area (Å²) in [5.41, 5.74) is 0. The average Bonchev–Trinajstić information content (AvgIpc) is 2.37. The lowest BCUT2D eigenvalue weighted by molar-refractivity contribution is -0.145. The lowest BCUT2D eigenvalue weighted by Crippen LogP contribution is -2.38. The zero-order valence-corrected chi connectivity index (χ0v) is 11.9. The number of rotatable bonds is 12. The van der Waals surface area contributed by atoms with Crippen LogP contribution in [0.1, 0.15) is 33.1 Å². The lowest BCUT2D eigenvalue weighted by atomic mass is 10.2. The minimum absolute atomic E-state index is 0.156. The molecule has 18 heavy (non-hydrogen) atoms. The maximum absolute atomic E-state index is 11.5. The van der Waals surface area contributed by atoms with Gasteiger partial charge in [0.2, 0.25) is 0 Å². The van der Waals surface area contributed by atoms with E-state index in [1.54, 1.807) is 7.11 Å². The molecule has 0 saturated carbocycles. The van der Waals surface area contributed by atoms with Crippen LogP contribution in [0.3, 0.4) is 0 Å². The summed E-state index contributed by atoms with van der Waals surface area (Å²) in [6.45, 7) is 7.06. The molecule has 0 amide bonds. The van der Waals surface area contributed by atoms with E-state index in [0.29, 0.717) is 19.8 Å². The number of esters is 1. The van der Waals surface area contributed by atoms with Gasteiger partial charge in [-0.1, -0.05) is 6.92 Å². The molecule has 5 heteroatoms. The highest BCUT2D eigenvalue weighted by Gasteiger charge is 2.15. The molecule has 0 aliphatic rings. The van der Waals surface area contributed by atoms with Gasteiger partial charge in [-0.2, -0.15) is 0 Å². The van der Waals surface area contributed by atoms with E-state index in [0.717, 1.165) is 32.4 Å². The summed E-state index contributed by atoms with van der Waals surface area (Å²) in [6, 6.07) is -0.181. The Morgan fingerprint density at radius 1 is 1.17 bits per heavy atom. The second-order valence-corrected chi connectivity index (χ2v) is 3.98. The number of unbranched alkanes of at least 4 members (excludes halogenated alkanes) is 1. The molecule has 1 unspecified atom stereocenters. The molecule has 0 aliphatic carbocycles. The standard InChI is InChI=1S/C13H27NO4/c1-4-12(13(15)18-5-2)14-8-6-7-9-17-11-10-16-3/h12,14H,4-11H2,1-3H3. The first-order valence-corrected chi connectivity index (χ1v) is 6.72. The predicted octanol–water partition coefficient (Wildman–Crippen LogP) is 1.36. The Hall–Kier alpha value is -0.650. The Kier molecular flexibility index (Phi) is 12.3. The van der Waals surface area contributed by atoms with Crippen LogP contribution in [-0.2, 0) is 19.0 Å². The van der Waals surface area contributed by atoms with Crippen molar-refractivity contribution in [3.05, 3.63) is 0 Å². The highest BCUT2D eigenvalue weighted by atomic mass is 16.5. The first kappa shape index (κ1) is 17.4. The molecule has 1 atom stereocenters. The van der Waals surface area contributed by atoms with Gasteiger partial charge >= 0.3 is 5.97 Å². The van der Waals surface area contributed by atoms with Crippen molar-refractivity contribution < 1.29 is 19.0 Å². The monoisotopic (exact) mass is 261 g/mol. The van der Waals surface area contributed by atoms with E-state index < -0.39 is 0 Å². The van der Waals surface area contributed by atoms with Gasteiger partial charge in [0.1, 0.15) is 6.04 Å². The van der Waals surface area contributed by atoms with Gasteiger partial charge < -0.3 is 19.5 Å². The summed E-state index contributed by atoms with van der Waals surface area (Å²) in [5.74, 6) is -0.156. The van der Waals surface area contributed by atoms with Crippen molar-refractivity contribution in [2.24, 2.45) is 0 Å². The van der Waals surface area contributed by atoms with Crippen LogP contribution in [0.2, 0.25) is 0 Å². The van der Waals surface area contributed by atoms with Crippen molar-refractivity contribution in [2.45, 2.75) is 39.2 Å². The quantitative estimate of drug-likeness (QED) is 0.424. The molecule has 0 spiro atoms. The number of methoxy groups -OCH3 is 1. The first-order chi connectivity index (χ1) is 8.76. The fourth-order valence-electron chi connectivity index (χ4n) is 1.49. The van der Waals surface area contributed by atoms with E-state index in [-0.39, 0.29) is 12.0 Å². The van der Waals surface area contributed by atoms with E-state index in [1.165, 1.54) is 0 Å². The van der Waals surface area contributed by atoms with Crippen molar-refractivity contribution >= 4 is 5.97 Å². The van der Waals surface area contributed by atoms with Gasteiger partial charge in [-0.15, -0.1) is 0 Å². The molecule has 0 saturated heterocycles. The van der Waals surface area contributed by atoms with Crippen LogP contribution < -0.4 is 5.32 Å². The van der Waals surface area contributed by atoms with Gasteiger partial charge in [-0.05, 0) is 32.7 Å². The maximum Gasteiger partial charge on any atom is 0.323 e. The first-order valence-electron chi connectivity index (χ1n) is 6.72. The van der Waals surface area contributed by atoms with Crippen LogP contribution in [0.5, 0.6) is 0 Å². The van der Waals surface area contributed by atoms with Crippen LogP contribution in [0.25, 0.3) is 0 Å². The highest BCUT2D eigenvalue weighted by molar-refractivity contribution is 5.75. The van der Waals surface area contributed by atoms with Crippen LogP contribution in [-0.4, -0.2) is 52.1 Å². The van der Waals surface area contributed by atoms with Crippen LogP contribution in [0, 0.1) is 0 Å². The molecule has 0 aromatic rings. The largest absolute Gasteiger partial charge is 0.465 e. The SMILES string of the molecule is CCOC(=O)C(CC)NCCCCOCCOC. The van der Waals surface area contributed by atoms with E-state index in [1.807, 2.05) is 13.8 Å². The summed E-state index contributed by atoms with van der Waals surface area (Å²) in [5, 5.41) is 3.20. The fraction of sp³-hybridized carbons (Fsp3) is 0.923. The van der Waals surface area contributed by atoms with Crippen LogP contribution in [0.15, 0.2) is 0 Å². The van der Waals surface area contributed by atoms with Crippen LogP contribution >= 0.6 is 0 Å². The molecule has 1 N–H and O–H groups in total. The van der Waals surface area contributed by atoms with Crippen LogP contribution in [0.4, 0.5) is 0 Å². The molecule has 108 valence electrons. The number of ether oxygens (including phenoxy) is 3. The Morgan fingerprint density at radius 3 is 2.56 bits per heavy atom. The number of hydrogen-bond acceptors (Lipinski definition) is 5. The summed E-state index contributed by atoms with van der Waals surface area (Å²) in [4.78, 5) is 11.5. The van der Waals surface area contributed by atoms with Gasteiger partial charge in [-0.3, -0.25) is 4.79 Å². The molecule has 0 aliphatic heterocycles. The van der Waals surface area contributed by atoms with E-state index >= 15 is 0 Å². The van der Waals surface area contributed by atoms with E-state index in [4.69, 9.17) is 14.2 Å². The minimum atomic E-state index is -0.181. The summed E-state index contributed by atoms with van der Waals surface area (Å²) < 4.78 is 15.2. The normalized spacial score (nSPS) is 12.4. The van der Waals surface area contributed by atoms with E-state index in [9.17, 15) is 4.79 Å². The smallest absolute Gasteiger partial charge is 0.323 e. The predicted molar refractivity (Wildman–Crippen MR) is 70.6 cm³/mol. The highest BCUT2D eigenvalue weighted by Crippen LogP contribution is 1.96. The molecule has 0 heterocycles. The zero-order valence-electron chi connectivity index (χ0n) is 11.9. The van der Waals surface area contributed by atoms with Crippen molar-refractivity contribution in [1.82, 2.24) is 5.32 Å². The topological polar surface area (TPSA) is 56.8 Å². The molecule has 0 radical (unpaired) electrons. The molecular formula is C13H27NO4. The van der Waals surface area contributed by atoms with Crippen molar-refractivity contribution in [3.63, 3.8) is 0 Å². The molecule has 0 aromatic carbocycles. The molecule has 0 rings (SSSR count). The van der Waals surface area contributed by atoms with Gasteiger partial charge in [0.05, 0.1) is 19.8 Å². The number of carbonyl (C=O) groups is 1. The third-order valence-electron chi connectivity index (χ3n) is 2.52. The maximum atomic E-state index is 11.5. The molecule has 0 bridgehead atoms.